The number of piperidine rings is 1. The summed E-state index contributed by atoms with van der Waals surface area (Å²) >= 11 is 0. The average Bonchev–Trinajstić information content (AvgIpc) is 2.86. The maximum Gasteiger partial charge on any atom is 0.416 e. The van der Waals surface area contributed by atoms with Crippen molar-refractivity contribution in [3.8, 4) is 11.5 Å². The predicted molar refractivity (Wildman–Crippen MR) is 124 cm³/mol. The zero-order valence-electron chi connectivity index (χ0n) is 19.9. The lowest BCUT2D eigenvalue weighted by molar-refractivity contribution is -0.137. The van der Waals surface area contributed by atoms with Gasteiger partial charge in [0.25, 0.3) is 0 Å². The number of ether oxygens (including phenoxy) is 2. The molecule has 0 unspecified atom stereocenters. The first-order valence-corrected chi connectivity index (χ1v) is 11.3. The number of hydrogen-bond acceptors (Lipinski definition) is 4. The molecule has 1 heterocycles. The normalized spacial score (nSPS) is 18.1. The molecule has 3 rings (SSSR count). The summed E-state index contributed by atoms with van der Waals surface area (Å²) in [4.78, 5) is 27.3. The summed E-state index contributed by atoms with van der Waals surface area (Å²) in [6.07, 6.45) is -3.98. The van der Waals surface area contributed by atoms with Crippen molar-refractivity contribution in [2.24, 2.45) is 5.92 Å². The van der Waals surface area contributed by atoms with Gasteiger partial charge in [-0.15, -0.1) is 0 Å². The Labute approximate surface area is 202 Å². The van der Waals surface area contributed by atoms with Gasteiger partial charge in [0.1, 0.15) is 0 Å². The molecule has 0 aromatic heterocycles. The van der Waals surface area contributed by atoms with Crippen molar-refractivity contribution in [2.75, 3.05) is 33.9 Å². The topological polar surface area (TPSA) is 79.9 Å². The number of urea groups is 1. The molecule has 7 nitrogen and oxygen atoms in total. The highest BCUT2D eigenvalue weighted by Gasteiger charge is 2.35. The van der Waals surface area contributed by atoms with Gasteiger partial charge in [-0.25, -0.2) is 4.79 Å². The Balaban J connectivity index is 1.77. The molecule has 3 amide bonds. The first-order chi connectivity index (χ1) is 16.7. The van der Waals surface area contributed by atoms with Crippen LogP contribution < -0.4 is 20.1 Å². The second-order valence-corrected chi connectivity index (χ2v) is 8.40. The number of carbonyl (C=O) groups excluding carboxylic acids is 2. The summed E-state index contributed by atoms with van der Waals surface area (Å²) < 4.78 is 49.7. The Kier molecular flexibility index (Phi) is 8.48. The van der Waals surface area contributed by atoms with E-state index < -0.39 is 17.7 Å². The number of amides is 3. The van der Waals surface area contributed by atoms with E-state index in [1.165, 1.54) is 19.2 Å². The summed E-state index contributed by atoms with van der Waals surface area (Å²) in [5.74, 6) is 0.126. The fourth-order valence-electron chi connectivity index (χ4n) is 4.26. The van der Waals surface area contributed by atoms with Gasteiger partial charge >= 0.3 is 12.2 Å². The molecule has 1 fully saturated rings. The van der Waals surface area contributed by atoms with Gasteiger partial charge < -0.3 is 25.0 Å². The first-order valence-electron chi connectivity index (χ1n) is 11.3. The van der Waals surface area contributed by atoms with Gasteiger partial charge in [-0.3, -0.25) is 4.79 Å². The van der Waals surface area contributed by atoms with Crippen LogP contribution in [-0.4, -0.2) is 50.7 Å². The van der Waals surface area contributed by atoms with Gasteiger partial charge in [-0.1, -0.05) is 18.2 Å². The van der Waals surface area contributed by atoms with Crippen molar-refractivity contribution in [3.63, 3.8) is 0 Å². The number of rotatable bonds is 7. The van der Waals surface area contributed by atoms with Crippen LogP contribution in [-0.2, 0) is 17.5 Å². The van der Waals surface area contributed by atoms with E-state index in [1.807, 2.05) is 19.1 Å². The van der Waals surface area contributed by atoms with Crippen LogP contribution in [0.15, 0.2) is 42.5 Å². The molecular formula is C25H30F3N3O4. The maximum absolute atomic E-state index is 13.0. The predicted octanol–water partition coefficient (Wildman–Crippen LogP) is 4.17. The molecule has 1 aliphatic rings. The van der Waals surface area contributed by atoms with E-state index >= 15 is 0 Å². The number of carbonyl (C=O) groups is 2. The molecule has 1 saturated heterocycles. The molecule has 0 saturated carbocycles. The maximum atomic E-state index is 13.0. The van der Waals surface area contributed by atoms with Gasteiger partial charge in [-0.2, -0.15) is 13.2 Å². The van der Waals surface area contributed by atoms with Gasteiger partial charge in [-0.05, 0) is 48.7 Å². The molecule has 190 valence electrons. The molecule has 0 spiro atoms. The summed E-state index contributed by atoms with van der Waals surface area (Å²) in [6, 6.07) is 10.1. The third-order valence-corrected chi connectivity index (χ3v) is 6.04. The summed E-state index contributed by atoms with van der Waals surface area (Å²) in [5.41, 5.74) is 0.478. The summed E-state index contributed by atoms with van der Waals surface area (Å²) in [7, 11) is 3.08. The molecule has 2 aromatic carbocycles. The number of alkyl halides is 3. The quantitative estimate of drug-likeness (QED) is 0.607. The van der Waals surface area contributed by atoms with E-state index in [9.17, 15) is 22.8 Å². The van der Waals surface area contributed by atoms with Crippen molar-refractivity contribution >= 4 is 11.9 Å². The molecule has 10 heteroatoms. The number of benzene rings is 2. The fourth-order valence-corrected chi connectivity index (χ4v) is 4.26. The number of nitrogens with zero attached hydrogens (tertiary/aromatic N) is 1. The molecule has 1 aliphatic heterocycles. The molecule has 2 N–H and O–H groups in total. The Morgan fingerprint density at radius 2 is 1.77 bits per heavy atom. The second kappa shape index (κ2) is 11.3. The highest BCUT2D eigenvalue weighted by Crippen LogP contribution is 2.36. The Hall–Kier alpha value is -3.43. The standard InChI is InChI=1S/C25H30F3N3O4/c1-4-29-24(33)31-14-18(17-8-9-21(34-2)22(12-17)35-3)11-19(15-31)23(32)30-13-16-6-5-7-20(10-16)25(26,27)28/h5-10,12,18-19H,4,11,13-15H2,1-3H3,(H,29,33)(H,30,32)/t18-,19+/m0/s1. The van der Waals surface area contributed by atoms with Gasteiger partial charge in [0.2, 0.25) is 5.91 Å². The number of likely N-dealkylation sites (tertiary alicyclic amines) is 1. The van der Waals surface area contributed by atoms with Gasteiger partial charge in [0.15, 0.2) is 11.5 Å². The van der Waals surface area contributed by atoms with Crippen molar-refractivity contribution in [2.45, 2.75) is 32.0 Å². The summed E-state index contributed by atoms with van der Waals surface area (Å²) in [6.45, 7) is 2.85. The van der Waals surface area contributed by atoms with Crippen molar-refractivity contribution < 1.29 is 32.2 Å². The highest BCUT2D eigenvalue weighted by atomic mass is 19.4. The lowest BCUT2D eigenvalue weighted by atomic mass is 9.84. The fraction of sp³-hybridized carbons (Fsp3) is 0.440. The Morgan fingerprint density at radius 1 is 1.03 bits per heavy atom. The van der Waals surface area contributed by atoms with E-state index in [4.69, 9.17) is 9.47 Å². The molecule has 0 radical (unpaired) electrons. The van der Waals surface area contributed by atoms with Crippen LogP contribution in [0.2, 0.25) is 0 Å². The van der Waals surface area contributed by atoms with Crippen LogP contribution in [0.3, 0.4) is 0 Å². The van der Waals surface area contributed by atoms with Crippen LogP contribution in [0.4, 0.5) is 18.0 Å². The van der Waals surface area contributed by atoms with Crippen molar-refractivity contribution in [3.05, 3.63) is 59.2 Å². The molecule has 2 atom stereocenters. The molecular weight excluding hydrogens is 463 g/mol. The summed E-state index contributed by atoms with van der Waals surface area (Å²) in [5, 5.41) is 5.51. The lowest BCUT2D eigenvalue weighted by Crippen LogP contribution is -2.51. The molecule has 0 aliphatic carbocycles. The van der Waals surface area contributed by atoms with Gasteiger partial charge in [0.05, 0.1) is 25.7 Å². The van der Waals surface area contributed by atoms with Gasteiger partial charge in [0, 0.05) is 32.1 Å². The minimum Gasteiger partial charge on any atom is -0.493 e. The van der Waals surface area contributed by atoms with Crippen LogP contribution in [0.1, 0.15) is 36.0 Å². The zero-order valence-corrected chi connectivity index (χ0v) is 19.9. The van der Waals surface area contributed by atoms with E-state index in [0.29, 0.717) is 36.6 Å². The van der Waals surface area contributed by atoms with Crippen LogP contribution >= 0.6 is 0 Å². The smallest absolute Gasteiger partial charge is 0.416 e. The average molecular weight is 494 g/mol. The highest BCUT2D eigenvalue weighted by molar-refractivity contribution is 5.81. The van der Waals surface area contributed by atoms with Crippen molar-refractivity contribution in [1.29, 1.82) is 0 Å². The van der Waals surface area contributed by atoms with Crippen LogP contribution in [0.25, 0.3) is 0 Å². The second-order valence-electron chi connectivity index (χ2n) is 8.40. The third kappa shape index (κ3) is 6.58. The number of nitrogens with one attached hydrogen (secondary N) is 2. The lowest BCUT2D eigenvalue weighted by Gasteiger charge is -2.37. The first kappa shape index (κ1) is 26.2. The van der Waals surface area contributed by atoms with E-state index in [0.717, 1.165) is 17.7 Å². The van der Waals surface area contributed by atoms with Crippen molar-refractivity contribution in [1.82, 2.24) is 15.5 Å². The minimum atomic E-state index is -4.46. The van der Waals surface area contributed by atoms with Crippen LogP contribution in [0, 0.1) is 5.92 Å². The van der Waals surface area contributed by atoms with Crippen LogP contribution in [0.5, 0.6) is 11.5 Å². The number of halogens is 3. The van der Waals surface area contributed by atoms with E-state index in [-0.39, 0.29) is 30.9 Å². The third-order valence-electron chi connectivity index (χ3n) is 6.04. The van der Waals surface area contributed by atoms with E-state index in [2.05, 4.69) is 10.6 Å². The monoisotopic (exact) mass is 493 g/mol. The molecule has 35 heavy (non-hydrogen) atoms. The SMILES string of the molecule is CCNC(=O)N1C[C@H](C(=O)NCc2cccc(C(F)(F)F)c2)C[C@H](c2ccc(OC)c(OC)c2)C1. The molecule has 2 aromatic rings. The Morgan fingerprint density at radius 3 is 2.43 bits per heavy atom. The zero-order chi connectivity index (χ0) is 25.6. The number of methoxy groups -OCH3 is 2. The van der Waals surface area contributed by atoms with E-state index in [1.54, 1.807) is 18.1 Å². The number of hydrogen-bond donors (Lipinski definition) is 2. The molecule has 0 bridgehead atoms. The minimum absolute atomic E-state index is 0.0402. The Bertz CT molecular complexity index is 1040. The largest absolute Gasteiger partial charge is 0.493 e.